The van der Waals surface area contributed by atoms with Gasteiger partial charge in [0.15, 0.2) is 6.04 Å². The zero-order chi connectivity index (χ0) is 17.5. The molecule has 0 aliphatic carbocycles. The molecule has 2 rings (SSSR count). The molecule has 1 atom stereocenters. The number of quaternary nitrogens is 1. The summed E-state index contributed by atoms with van der Waals surface area (Å²) >= 11 is 0. The average molecular weight is 335 g/mol. The number of esters is 1. The molecule has 0 bridgehead atoms. The summed E-state index contributed by atoms with van der Waals surface area (Å²) in [6.07, 6.45) is 1.55. The van der Waals surface area contributed by atoms with E-state index in [1.807, 2.05) is 31.2 Å². The Morgan fingerprint density at radius 1 is 1.21 bits per heavy atom. The Hall–Kier alpha value is -2.08. The summed E-state index contributed by atoms with van der Waals surface area (Å²) < 4.78 is 9.92. The van der Waals surface area contributed by atoms with E-state index in [0.29, 0.717) is 6.54 Å². The molecule has 6 heteroatoms. The first kappa shape index (κ1) is 18.3. The van der Waals surface area contributed by atoms with Gasteiger partial charge in [-0.15, -0.1) is 0 Å². The second-order valence-corrected chi connectivity index (χ2v) is 6.24. The van der Waals surface area contributed by atoms with Gasteiger partial charge in [-0.2, -0.15) is 0 Å². The zero-order valence-corrected chi connectivity index (χ0v) is 14.6. The highest BCUT2D eigenvalue weighted by Crippen LogP contribution is 2.12. The minimum atomic E-state index is -0.134. The Balaban J connectivity index is 1.78. The van der Waals surface area contributed by atoms with E-state index in [2.05, 4.69) is 5.32 Å². The van der Waals surface area contributed by atoms with Gasteiger partial charge >= 0.3 is 5.97 Å². The molecule has 0 spiro atoms. The van der Waals surface area contributed by atoms with Crippen LogP contribution in [0, 0.1) is 5.92 Å². The van der Waals surface area contributed by atoms with Crippen LogP contribution in [0.3, 0.4) is 0 Å². The average Bonchev–Trinajstić information content (AvgIpc) is 2.65. The highest BCUT2D eigenvalue weighted by Gasteiger charge is 2.33. The highest BCUT2D eigenvalue weighted by atomic mass is 16.5. The van der Waals surface area contributed by atoms with E-state index in [1.54, 1.807) is 7.11 Å². The summed E-state index contributed by atoms with van der Waals surface area (Å²) in [7, 11) is 3.06. The summed E-state index contributed by atoms with van der Waals surface area (Å²) in [5.41, 5.74) is 1.04. The molecule has 1 fully saturated rings. The Labute approximate surface area is 143 Å². The van der Waals surface area contributed by atoms with Crippen LogP contribution in [0.5, 0.6) is 5.75 Å². The number of nitrogens with one attached hydrogen (secondary N) is 2. The number of hydrogen-bond acceptors (Lipinski definition) is 4. The third-order valence-corrected chi connectivity index (χ3v) is 4.79. The Morgan fingerprint density at radius 3 is 2.38 bits per heavy atom. The van der Waals surface area contributed by atoms with Crippen molar-refractivity contribution < 1.29 is 24.0 Å². The van der Waals surface area contributed by atoms with Crippen LogP contribution in [-0.4, -0.2) is 45.2 Å². The molecule has 2 N–H and O–H groups in total. The van der Waals surface area contributed by atoms with Crippen LogP contribution < -0.4 is 15.0 Å². The van der Waals surface area contributed by atoms with E-state index in [9.17, 15) is 9.59 Å². The standard InChI is InChI=1S/C18H26N2O4/c1-13(20-10-8-15(9-11-20)18(22)24-3)17(21)19-12-14-4-6-16(23-2)7-5-14/h4-7,13,15H,8-12H2,1-3H3,(H,19,21)/p+1/t13-/m0/s1. The minimum Gasteiger partial charge on any atom is -0.497 e. The first-order chi connectivity index (χ1) is 11.5. The highest BCUT2D eigenvalue weighted by molar-refractivity contribution is 5.80. The van der Waals surface area contributed by atoms with Crippen LogP contribution in [0.2, 0.25) is 0 Å². The monoisotopic (exact) mass is 335 g/mol. The van der Waals surface area contributed by atoms with Gasteiger partial charge in [-0.1, -0.05) is 12.1 Å². The lowest BCUT2D eigenvalue weighted by Gasteiger charge is -2.31. The smallest absolute Gasteiger partial charge is 0.309 e. The molecule has 24 heavy (non-hydrogen) atoms. The van der Waals surface area contributed by atoms with E-state index in [-0.39, 0.29) is 23.8 Å². The maximum atomic E-state index is 12.4. The van der Waals surface area contributed by atoms with Crippen molar-refractivity contribution in [3.8, 4) is 5.75 Å². The number of carbonyl (C=O) groups excluding carboxylic acids is 2. The number of ether oxygens (including phenoxy) is 2. The molecule has 1 aliphatic rings. The number of likely N-dealkylation sites (tertiary alicyclic amines) is 1. The molecule has 0 aromatic heterocycles. The van der Waals surface area contributed by atoms with Gasteiger partial charge in [0.25, 0.3) is 5.91 Å². The van der Waals surface area contributed by atoms with E-state index in [0.717, 1.165) is 37.2 Å². The number of piperidine rings is 1. The summed E-state index contributed by atoms with van der Waals surface area (Å²) in [6, 6.07) is 7.53. The normalized spacial score (nSPS) is 21.6. The van der Waals surface area contributed by atoms with Gasteiger partial charge in [0.1, 0.15) is 5.75 Å². The lowest BCUT2D eigenvalue weighted by atomic mass is 9.96. The van der Waals surface area contributed by atoms with Gasteiger partial charge in [-0.05, 0) is 24.6 Å². The zero-order valence-electron chi connectivity index (χ0n) is 14.6. The van der Waals surface area contributed by atoms with Crippen molar-refractivity contribution in [2.45, 2.75) is 32.4 Å². The molecule has 1 aromatic carbocycles. The summed E-state index contributed by atoms with van der Waals surface area (Å²) in [5.74, 6) is 0.688. The molecule has 0 unspecified atom stereocenters. The van der Waals surface area contributed by atoms with Crippen molar-refractivity contribution >= 4 is 11.9 Å². The molecule has 1 amide bonds. The fraction of sp³-hybridized carbons (Fsp3) is 0.556. The van der Waals surface area contributed by atoms with Crippen LogP contribution >= 0.6 is 0 Å². The topological polar surface area (TPSA) is 69.1 Å². The van der Waals surface area contributed by atoms with Crippen molar-refractivity contribution in [1.82, 2.24) is 5.32 Å². The Morgan fingerprint density at radius 2 is 1.83 bits per heavy atom. The molecule has 1 saturated heterocycles. The summed E-state index contributed by atoms with van der Waals surface area (Å²) in [4.78, 5) is 25.1. The van der Waals surface area contributed by atoms with E-state index < -0.39 is 0 Å². The van der Waals surface area contributed by atoms with Gasteiger partial charge in [0, 0.05) is 19.4 Å². The van der Waals surface area contributed by atoms with Crippen LogP contribution in [0.15, 0.2) is 24.3 Å². The Kier molecular flexibility index (Phi) is 6.61. The van der Waals surface area contributed by atoms with Gasteiger partial charge < -0.3 is 19.7 Å². The molecule has 0 radical (unpaired) electrons. The lowest BCUT2D eigenvalue weighted by Crippen LogP contribution is -3.17. The van der Waals surface area contributed by atoms with Crippen LogP contribution in [-0.2, 0) is 20.9 Å². The number of hydrogen-bond donors (Lipinski definition) is 2. The van der Waals surface area contributed by atoms with E-state index >= 15 is 0 Å². The first-order valence-electron chi connectivity index (χ1n) is 8.38. The number of methoxy groups -OCH3 is 2. The van der Waals surface area contributed by atoms with Gasteiger partial charge in [0.2, 0.25) is 0 Å². The van der Waals surface area contributed by atoms with E-state index in [4.69, 9.17) is 9.47 Å². The SMILES string of the molecule is COC(=O)C1CC[NH+]([C@@H](C)C(=O)NCc2ccc(OC)cc2)CC1. The molecular formula is C18H27N2O4+. The molecule has 1 aliphatic heterocycles. The maximum Gasteiger partial charge on any atom is 0.309 e. The second-order valence-electron chi connectivity index (χ2n) is 6.24. The van der Waals surface area contributed by atoms with Gasteiger partial charge in [-0.3, -0.25) is 9.59 Å². The predicted molar refractivity (Wildman–Crippen MR) is 89.7 cm³/mol. The van der Waals surface area contributed by atoms with Crippen molar-refractivity contribution in [2.75, 3.05) is 27.3 Å². The molecule has 0 saturated carbocycles. The number of rotatable bonds is 6. The number of carbonyl (C=O) groups is 2. The van der Waals surface area contributed by atoms with Crippen molar-refractivity contribution in [3.63, 3.8) is 0 Å². The third kappa shape index (κ3) is 4.71. The first-order valence-corrected chi connectivity index (χ1v) is 8.38. The second kappa shape index (κ2) is 8.68. The number of amides is 1. The lowest BCUT2D eigenvalue weighted by molar-refractivity contribution is -0.919. The fourth-order valence-corrected chi connectivity index (χ4v) is 3.10. The quantitative estimate of drug-likeness (QED) is 0.727. The fourth-order valence-electron chi connectivity index (χ4n) is 3.10. The predicted octanol–water partition coefficient (Wildman–Crippen LogP) is 0.168. The summed E-state index contributed by atoms with van der Waals surface area (Å²) in [5, 5.41) is 2.99. The Bertz CT molecular complexity index is 551. The largest absolute Gasteiger partial charge is 0.497 e. The van der Waals surface area contributed by atoms with Gasteiger partial charge in [0.05, 0.1) is 33.2 Å². The molecule has 6 nitrogen and oxygen atoms in total. The van der Waals surface area contributed by atoms with Gasteiger partial charge in [-0.25, -0.2) is 0 Å². The number of benzene rings is 1. The van der Waals surface area contributed by atoms with E-state index in [1.165, 1.54) is 12.0 Å². The van der Waals surface area contributed by atoms with Crippen molar-refractivity contribution in [2.24, 2.45) is 5.92 Å². The molecular weight excluding hydrogens is 308 g/mol. The van der Waals surface area contributed by atoms with Crippen LogP contribution in [0.4, 0.5) is 0 Å². The molecule has 1 aromatic rings. The van der Waals surface area contributed by atoms with Crippen molar-refractivity contribution in [1.29, 1.82) is 0 Å². The van der Waals surface area contributed by atoms with Crippen molar-refractivity contribution in [3.05, 3.63) is 29.8 Å². The van der Waals surface area contributed by atoms with Crippen LogP contribution in [0.1, 0.15) is 25.3 Å². The minimum absolute atomic E-state index is 0.0201. The molecule has 1 heterocycles. The summed E-state index contributed by atoms with van der Waals surface area (Å²) in [6.45, 7) is 4.08. The molecule has 132 valence electrons. The van der Waals surface area contributed by atoms with Crippen LogP contribution in [0.25, 0.3) is 0 Å². The maximum absolute atomic E-state index is 12.4. The third-order valence-electron chi connectivity index (χ3n) is 4.79.